The van der Waals surface area contributed by atoms with Crippen LogP contribution in [0.25, 0.3) is 11.1 Å². The van der Waals surface area contributed by atoms with Crippen molar-refractivity contribution in [3.63, 3.8) is 0 Å². The fourth-order valence-electron chi connectivity index (χ4n) is 4.53. The zero-order chi connectivity index (χ0) is 30.5. The van der Waals surface area contributed by atoms with Gasteiger partial charge in [0.15, 0.2) is 11.6 Å². The van der Waals surface area contributed by atoms with Gasteiger partial charge in [0.25, 0.3) is 0 Å². The van der Waals surface area contributed by atoms with Crippen molar-refractivity contribution in [2.24, 2.45) is 0 Å². The predicted molar refractivity (Wildman–Crippen MR) is 157 cm³/mol. The minimum atomic E-state index is -1.29. The highest BCUT2D eigenvalue weighted by Crippen LogP contribution is 2.29. The largest absolute Gasteiger partial charge is 0.494 e. The molecule has 0 saturated carbocycles. The Morgan fingerprint density at radius 3 is 2.21 bits per heavy atom. The molecule has 7 nitrogen and oxygen atoms in total. The van der Waals surface area contributed by atoms with Crippen molar-refractivity contribution in [2.45, 2.75) is 62.7 Å². The second kappa shape index (κ2) is 16.6. The Morgan fingerprint density at radius 2 is 1.50 bits per heavy atom. The summed E-state index contributed by atoms with van der Waals surface area (Å²) >= 11 is 0. The summed E-state index contributed by atoms with van der Waals surface area (Å²) in [6.07, 6.45) is 6.46. The topological polar surface area (TPSA) is 110 Å². The Balaban J connectivity index is 1.52. The fourth-order valence-corrected chi connectivity index (χ4v) is 5.10. The summed E-state index contributed by atoms with van der Waals surface area (Å²) in [6, 6.07) is 14.3. The quantitative estimate of drug-likeness (QED) is 0.154. The van der Waals surface area contributed by atoms with Crippen molar-refractivity contribution in [3.8, 4) is 22.6 Å². The molecular weight excluding hydrogens is 566 g/mol. The highest BCUT2D eigenvalue weighted by atomic mass is 32.2. The Morgan fingerprint density at radius 1 is 0.762 bits per heavy atom. The van der Waals surface area contributed by atoms with Gasteiger partial charge in [0.1, 0.15) is 11.5 Å². The van der Waals surface area contributed by atoms with Crippen LogP contribution in [0, 0.1) is 11.6 Å². The van der Waals surface area contributed by atoms with Gasteiger partial charge in [-0.15, -0.1) is 0 Å². The monoisotopic (exact) mass is 602 g/mol. The third kappa shape index (κ3) is 10.6. The second-order valence-corrected chi connectivity index (χ2v) is 11.3. The van der Waals surface area contributed by atoms with Gasteiger partial charge in [0.05, 0.1) is 13.2 Å². The van der Waals surface area contributed by atoms with E-state index in [-0.39, 0.29) is 19.4 Å². The van der Waals surface area contributed by atoms with E-state index in [0.717, 1.165) is 55.4 Å². The summed E-state index contributed by atoms with van der Waals surface area (Å²) < 4.78 is 51.0. The molecule has 0 aliphatic heterocycles. The molecule has 42 heavy (non-hydrogen) atoms. The number of carbonyl (C=O) groups is 2. The summed E-state index contributed by atoms with van der Waals surface area (Å²) in [4.78, 5) is 22.5. The molecule has 0 amide bonds. The van der Waals surface area contributed by atoms with Crippen molar-refractivity contribution in [1.29, 1.82) is 0 Å². The van der Waals surface area contributed by atoms with Crippen LogP contribution < -0.4 is 9.47 Å². The molecule has 0 aromatic heterocycles. The van der Waals surface area contributed by atoms with Gasteiger partial charge >= 0.3 is 11.9 Å². The van der Waals surface area contributed by atoms with Crippen molar-refractivity contribution in [1.82, 2.24) is 0 Å². The van der Waals surface area contributed by atoms with Gasteiger partial charge in [-0.25, -0.2) is 8.78 Å². The first-order chi connectivity index (χ1) is 20.1. The Kier molecular flexibility index (Phi) is 12.9. The van der Waals surface area contributed by atoms with Crippen LogP contribution in [0.15, 0.2) is 59.5 Å². The van der Waals surface area contributed by atoms with Crippen LogP contribution in [0.1, 0.15) is 56.1 Å². The predicted octanol–water partition coefficient (Wildman–Crippen LogP) is 6.81. The molecule has 1 unspecified atom stereocenters. The number of aliphatic carboxylic acids is 2. The van der Waals surface area contributed by atoms with E-state index in [1.807, 2.05) is 12.1 Å². The Hall–Kier alpha value is -3.79. The van der Waals surface area contributed by atoms with Crippen molar-refractivity contribution in [2.75, 3.05) is 19.5 Å². The van der Waals surface area contributed by atoms with Crippen LogP contribution >= 0.6 is 0 Å². The number of carboxylic acids is 2. The minimum Gasteiger partial charge on any atom is -0.494 e. The van der Waals surface area contributed by atoms with E-state index in [4.69, 9.17) is 14.6 Å². The average Bonchev–Trinajstić information content (AvgIpc) is 2.95. The molecule has 0 spiro atoms. The number of halogens is 2. The maximum absolute atomic E-state index is 13.8. The number of benzene rings is 3. The normalized spacial score (nSPS) is 11.7. The molecule has 0 radical (unpaired) electrons. The highest BCUT2D eigenvalue weighted by molar-refractivity contribution is 7.84. The van der Waals surface area contributed by atoms with E-state index in [0.29, 0.717) is 47.0 Å². The lowest BCUT2D eigenvalue weighted by molar-refractivity contribution is -0.138. The van der Waals surface area contributed by atoms with Gasteiger partial charge in [-0.05, 0) is 90.8 Å². The Bertz CT molecular complexity index is 1390. The van der Waals surface area contributed by atoms with Crippen LogP contribution in [0.3, 0.4) is 0 Å². The first-order valence-electron chi connectivity index (χ1n) is 13.9. The molecular formula is C32H36F2O7S. The van der Waals surface area contributed by atoms with Crippen molar-refractivity contribution >= 4 is 22.7 Å². The first kappa shape index (κ1) is 32.7. The standard InChI is InChI=1S/C32H36F2O7S/c1-42(39)26-19-24(23-12-14-28(33)29(34)20-23)18-25(21-26)40-16-5-3-2-4-8-22-9-6-10-30(27(22)13-15-32(37)38)41-17-7-11-31(35)36/h6,9-10,12,14,18-21H,2-5,7-8,11,13,15-17H2,1H3,(H,35,36)(H,37,38). The summed E-state index contributed by atoms with van der Waals surface area (Å²) in [5.74, 6) is -2.57. The summed E-state index contributed by atoms with van der Waals surface area (Å²) in [5, 5.41) is 18.0. The van der Waals surface area contributed by atoms with Crippen LogP contribution in [0.5, 0.6) is 11.5 Å². The second-order valence-electron chi connectivity index (χ2n) is 9.92. The summed E-state index contributed by atoms with van der Waals surface area (Å²) in [5.41, 5.74) is 2.92. The molecule has 3 aromatic rings. The maximum Gasteiger partial charge on any atom is 0.303 e. The van der Waals surface area contributed by atoms with Crippen LogP contribution in [-0.4, -0.2) is 45.8 Å². The minimum absolute atomic E-state index is 0.00675. The number of rotatable bonds is 18. The molecule has 0 saturated heterocycles. The summed E-state index contributed by atoms with van der Waals surface area (Å²) in [7, 11) is -1.29. The lowest BCUT2D eigenvalue weighted by Gasteiger charge is -2.15. The Labute approximate surface area is 246 Å². The van der Waals surface area contributed by atoms with Gasteiger partial charge in [-0.3, -0.25) is 13.8 Å². The molecule has 3 rings (SSSR count). The molecule has 2 N–H and O–H groups in total. The number of aryl methyl sites for hydroxylation is 1. The van der Waals surface area contributed by atoms with Gasteiger partial charge in [-0.1, -0.05) is 31.0 Å². The van der Waals surface area contributed by atoms with Gasteiger partial charge in [0.2, 0.25) is 0 Å². The van der Waals surface area contributed by atoms with Crippen molar-refractivity contribution in [3.05, 3.63) is 77.4 Å². The number of ether oxygens (including phenoxy) is 2. The first-order valence-corrected chi connectivity index (χ1v) is 15.4. The molecule has 0 aliphatic carbocycles. The molecule has 3 aromatic carbocycles. The molecule has 1 atom stereocenters. The van der Waals surface area contributed by atoms with Crippen LogP contribution in [-0.2, 0) is 33.2 Å². The van der Waals surface area contributed by atoms with Gasteiger partial charge in [0, 0.05) is 34.8 Å². The van der Waals surface area contributed by atoms with E-state index in [1.165, 1.54) is 6.07 Å². The molecule has 226 valence electrons. The van der Waals surface area contributed by atoms with E-state index >= 15 is 0 Å². The SMILES string of the molecule is CS(=O)c1cc(OCCCCCCc2cccc(OCCCC(=O)O)c2CCC(=O)O)cc(-c2ccc(F)c(F)c2)c1. The van der Waals surface area contributed by atoms with E-state index in [2.05, 4.69) is 0 Å². The third-order valence-electron chi connectivity index (χ3n) is 6.69. The van der Waals surface area contributed by atoms with Crippen LogP contribution in [0.2, 0.25) is 0 Å². The van der Waals surface area contributed by atoms with Crippen LogP contribution in [0.4, 0.5) is 8.78 Å². The average molecular weight is 603 g/mol. The van der Waals surface area contributed by atoms with Gasteiger partial charge < -0.3 is 19.7 Å². The molecule has 10 heteroatoms. The maximum atomic E-state index is 13.8. The smallest absolute Gasteiger partial charge is 0.303 e. The molecule has 0 fully saturated rings. The third-order valence-corrected chi connectivity index (χ3v) is 7.59. The lowest BCUT2D eigenvalue weighted by atomic mass is 9.97. The van der Waals surface area contributed by atoms with Gasteiger partial charge in [-0.2, -0.15) is 0 Å². The zero-order valence-corrected chi connectivity index (χ0v) is 24.4. The molecule has 0 heterocycles. The van der Waals surface area contributed by atoms with Crippen molar-refractivity contribution < 1.29 is 42.3 Å². The molecule has 0 bridgehead atoms. The fraction of sp³-hybridized carbons (Fsp3) is 0.375. The van der Waals surface area contributed by atoms with E-state index < -0.39 is 34.4 Å². The number of carboxylic acid groups (broad SMARTS) is 2. The number of unbranched alkanes of at least 4 members (excludes halogenated alkanes) is 3. The summed E-state index contributed by atoms with van der Waals surface area (Å²) in [6.45, 7) is 0.676. The number of hydrogen-bond acceptors (Lipinski definition) is 5. The number of hydrogen-bond donors (Lipinski definition) is 2. The highest BCUT2D eigenvalue weighted by Gasteiger charge is 2.13. The zero-order valence-electron chi connectivity index (χ0n) is 23.6. The van der Waals surface area contributed by atoms with E-state index in [1.54, 1.807) is 30.5 Å². The lowest BCUT2D eigenvalue weighted by Crippen LogP contribution is -2.07. The molecule has 0 aliphatic rings. The van der Waals surface area contributed by atoms with E-state index in [9.17, 15) is 27.7 Å².